The highest BCUT2D eigenvalue weighted by molar-refractivity contribution is 5.20. The molecule has 0 radical (unpaired) electrons. The van der Waals surface area contributed by atoms with Crippen molar-refractivity contribution in [3.05, 3.63) is 30.3 Å². The third-order valence-corrected chi connectivity index (χ3v) is 1.30. The van der Waals surface area contributed by atoms with E-state index in [-0.39, 0.29) is 5.48 Å². The molecule has 1 aromatic carbocycles. The zero-order chi connectivity index (χ0) is 7.94. The van der Waals surface area contributed by atoms with Gasteiger partial charge in [0, 0.05) is 7.11 Å². The van der Waals surface area contributed by atoms with E-state index in [9.17, 15) is 0 Å². The molecule has 0 aliphatic carbocycles. The predicted octanol–water partition coefficient (Wildman–Crippen LogP) is 0.887. The zero-order valence-corrected chi connectivity index (χ0v) is 7.12. The molecule has 0 aromatic heterocycles. The highest BCUT2D eigenvalue weighted by Gasteiger charge is 1.88. The average Bonchev–Trinajstić information content (AvgIpc) is 2.07. The van der Waals surface area contributed by atoms with Gasteiger partial charge < -0.3 is 14.9 Å². The zero-order valence-electron chi connectivity index (χ0n) is 7.12. The highest BCUT2D eigenvalue weighted by Crippen LogP contribution is 2.07. The van der Waals surface area contributed by atoms with Crippen LogP contribution in [0.4, 0.5) is 0 Å². The van der Waals surface area contributed by atoms with Crippen molar-refractivity contribution < 1.29 is 14.9 Å². The van der Waals surface area contributed by atoms with Gasteiger partial charge in [0.25, 0.3) is 0 Å². The summed E-state index contributed by atoms with van der Waals surface area (Å²) in [6.07, 6.45) is 0. The van der Waals surface area contributed by atoms with Gasteiger partial charge in [-0.2, -0.15) is 0 Å². The lowest BCUT2D eigenvalue weighted by Crippen LogP contribution is -2.03. The van der Waals surface area contributed by atoms with Crippen molar-refractivity contribution in [3.63, 3.8) is 0 Å². The van der Waals surface area contributed by atoms with Crippen LogP contribution < -0.4 is 4.74 Å². The number of hydrogen-bond acceptors (Lipinski definition) is 2. The minimum absolute atomic E-state index is 0. The van der Waals surface area contributed by atoms with Crippen LogP contribution in [0.15, 0.2) is 30.3 Å². The molecule has 0 aliphatic heterocycles. The molecule has 3 heteroatoms. The summed E-state index contributed by atoms with van der Waals surface area (Å²) < 4.78 is 10.2. The smallest absolute Gasteiger partial charge is 0.119 e. The van der Waals surface area contributed by atoms with Gasteiger partial charge in [0.2, 0.25) is 0 Å². The van der Waals surface area contributed by atoms with E-state index in [1.807, 2.05) is 30.3 Å². The maximum absolute atomic E-state index is 5.32. The quantitative estimate of drug-likeness (QED) is 0.630. The number of para-hydroxylation sites is 1. The first kappa shape index (κ1) is 10.9. The van der Waals surface area contributed by atoms with Crippen LogP contribution in [-0.4, -0.2) is 25.8 Å². The van der Waals surface area contributed by atoms with Gasteiger partial charge in [0.1, 0.15) is 12.4 Å². The number of rotatable bonds is 4. The molecule has 0 atom stereocenters. The molecule has 0 aliphatic rings. The van der Waals surface area contributed by atoms with Crippen molar-refractivity contribution in [1.82, 2.24) is 0 Å². The number of methoxy groups -OCH3 is 1. The summed E-state index contributed by atoms with van der Waals surface area (Å²) in [5.41, 5.74) is 0. The van der Waals surface area contributed by atoms with Crippen LogP contribution in [-0.2, 0) is 4.74 Å². The van der Waals surface area contributed by atoms with Crippen LogP contribution in [0.3, 0.4) is 0 Å². The lowest BCUT2D eigenvalue weighted by molar-refractivity contribution is 0.146. The predicted molar refractivity (Wildman–Crippen MR) is 47.4 cm³/mol. The first-order valence-corrected chi connectivity index (χ1v) is 3.60. The standard InChI is InChI=1S/C9H12O2.H2O/c1-10-7-8-11-9-5-3-2-4-6-9;/h2-6H,7-8H2,1H3;1H2. The summed E-state index contributed by atoms with van der Waals surface area (Å²) >= 11 is 0. The Bertz CT molecular complexity index is 186. The average molecular weight is 170 g/mol. The third kappa shape index (κ3) is 3.95. The molecule has 0 heterocycles. The fourth-order valence-electron chi connectivity index (χ4n) is 0.760. The Morgan fingerprint density at radius 1 is 1.08 bits per heavy atom. The summed E-state index contributed by atoms with van der Waals surface area (Å²) in [5.74, 6) is 0.893. The summed E-state index contributed by atoms with van der Waals surface area (Å²) in [7, 11) is 1.66. The molecule has 0 saturated carbocycles. The molecule has 0 bridgehead atoms. The maximum atomic E-state index is 5.32. The minimum atomic E-state index is 0. The highest BCUT2D eigenvalue weighted by atomic mass is 16.5. The second kappa shape index (κ2) is 6.64. The first-order valence-electron chi connectivity index (χ1n) is 3.60. The van der Waals surface area contributed by atoms with Crippen molar-refractivity contribution in [2.24, 2.45) is 0 Å². The van der Waals surface area contributed by atoms with Crippen LogP contribution in [0.2, 0.25) is 0 Å². The van der Waals surface area contributed by atoms with E-state index < -0.39 is 0 Å². The van der Waals surface area contributed by atoms with Gasteiger partial charge in [-0.3, -0.25) is 0 Å². The van der Waals surface area contributed by atoms with Crippen molar-refractivity contribution in [2.75, 3.05) is 20.3 Å². The largest absolute Gasteiger partial charge is 0.491 e. The Hall–Kier alpha value is -1.06. The lowest BCUT2D eigenvalue weighted by Gasteiger charge is -2.03. The van der Waals surface area contributed by atoms with Crippen LogP contribution in [0.1, 0.15) is 0 Å². The summed E-state index contributed by atoms with van der Waals surface area (Å²) in [5, 5.41) is 0. The number of benzene rings is 1. The molecule has 2 N–H and O–H groups in total. The van der Waals surface area contributed by atoms with E-state index in [1.165, 1.54) is 0 Å². The SMILES string of the molecule is COCCOc1ccccc1.O. The molecule has 1 aromatic rings. The Kier molecular flexibility index (Phi) is 6.05. The third-order valence-electron chi connectivity index (χ3n) is 1.30. The molecule has 0 unspecified atom stereocenters. The Labute approximate surface area is 72.2 Å². The van der Waals surface area contributed by atoms with Gasteiger partial charge in [-0.25, -0.2) is 0 Å². The Morgan fingerprint density at radius 3 is 2.33 bits per heavy atom. The molecule has 0 saturated heterocycles. The summed E-state index contributed by atoms with van der Waals surface area (Å²) in [6.45, 7) is 1.25. The Morgan fingerprint density at radius 2 is 1.75 bits per heavy atom. The molecule has 0 amide bonds. The molecule has 1 rings (SSSR count). The number of hydrogen-bond donors (Lipinski definition) is 0. The van der Waals surface area contributed by atoms with Gasteiger partial charge in [-0.1, -0.05) is 18.2 Å². The molecular formula is C9H14O3. The van der Waals surface area contributed by atoms with Crippen molar-refractivity contribution in [1.29, 1.82) is 0 Å². The fourth-order valence-corrected chi connectivity index (χ4v) is 0.760. The van der Waals surface area contributed by atoms with Gasteiger partial charge in [-0.15, -0.1) is 0 Å². The topological polar surface area (TPSA) is 50.0 Å². The van der Waals surface area contributed by atoms with E-state index in [1.54, 1.807) is 7.11 Å². The van der Waals surface area contributed by atoms with E-state index in [0.717, 1.165) is 5.75 Å². The van der Waals surface area contributed by atoms with Gasteiger partial charge in [0.05, 0.1) is 6.61 Å². The molecule has 68 valence electrons. The summed E-state index contributed by atoms with van der Waals surface area (Å²) in [6, 6.07) is 9.71. The molecular weight excluding hydrogens is 156 g/mol. The van der Waals surface area contributed by atoms with E-state index in [2.05, 4.69) is 0 Å². The van der Waals surface area contributed by atoms with E-state index >= 15 is 0 Å². The van der Waals surface area contributed by atoms with Gasteiger partial charge in [0.15, 0.2) is 0 Å². The molecule has 3 nitrogen and oxygen atoms in total. The van der Waals surface area contributed by atoms with Crippen molar-refractivity contribution in [3.8, 4) is 5.75 Å². The second-order valence-electron chi connectivity index (χ2n) is 2.15. The maximum Gasteiger partial charge on any atom is 0.119 e. The minimum Gasteiger partial charge on any atom is -0.491 e. The van der Waals surface area contributed by atoms with Gasteiger partial charge >= 0.3 is 0 Å². The van der Waals surface area contributed by atoms with Crippen LogP contribution >= 0.6 is 0 Å². The normalized spacial score (nSPS) is 8.75. The monoisotopic (exact) mass is 170 g/mol. The first-order chi connectivity index (χ1) is 5.43. The Balaban J connectivity index is 0.00000121. The lowest BCUT2D eigenvalue weighted by atomic mass is 10.3. The fraction of sp³-hybridized carbons (Fsp3) is 0.333. The van der Waals surface area contributed by atoms with Crippen molar-refractivity contribution in [2.45, 2.75) is 0 Å². The van der Waals surface area contributed by atoms with Gasteiger partial charge in [-0.05, 0) is 12.1 Å². The van der Waals surface area contributed by atoms with E-state index in [0.29, 0.717) is 13.2 Å². The van der Waals surface area contributed by atoms with Crippen LogP contribution in [0, 0.1) is 0 Å². The second-order valence-corrected chi connectivity index (χ2v) is 2.15. The molecule has 12 heavy (non-hydrogen) atoms. The molecule has 0 spiro atoms. The van der Waals surface area contributed by atoms with E-state index in [4.69, 9.17) is 9.47 Å². The van der Waals surface area contributed by atoms with Crippen LogP contribution in [0.25, 0.3) is 0 Å². The number of ether oxygens (including phenoxy) is 2. The summed E-state index contributed by atoms with van der Waals surface area (Å²) in [4.78, 5) is 0. The van der Waals surface area contributed by atoms with Crippen LogP contribution in [0.5, 0.6) is 5.75 Å². The van der Waals surface area contributed by atoms with Crippen molar-refractivity contribution >= 4 is 0 Å². The molecule has 0 fully saturated rings.